The fraction of sp³-hybridized carbons (Fsp3) is 0.679. The first-order valence-corrected chi connectivity index (χ1v) is 25.3. The maximum atomic E-state index is 14.8. The molecule has 4 atom stereocenters. The second-order valence-electron chi connectivity index (χ2n) is 18.1. The largest absolute Gasteiger partial charge is 0.465 e. The molecule has 0 radical (unpaired) electrons. The number of benzene rings is 2. The van der Waals surface area contributed by atoms with Gasteiger partial charge in [-0.2, -0.15) is 0 Å². The van der Waals surface area contributed by atoms with Crippen LogP contribution in [0.1, 0.15) is 180 Å². The molecule has 4 aliphatic heterocycles. The zero-order valence-corrected chi connectivity index (χ0v) is 38.5. The highest BCUT2D eigenvalue weighted by Crippen LogP contribution is 2.41. The van der Waals surface area contributed by atoms with Crippen molar-refractivity contribution < 1.29 is 37.9 Å². The molecule has 4 unspecified atom stereocenters. The normalized spacial score (nSPS) is 22.0. The molecule has 0 aliphatic carbocycles. The van der Waals surface area contributed by atoms with Crippen LogP contribution in [0.2, 0.25) is 0 Å². The van der Waals surface area contributed by atoms with Crippen LogP contribution in [-0.4, -0.2) is 56.2 Å². The van der Waals surface area contributed by atoms with E-state index in [1.54, 1.807) is 0 Å². The summed E-state index contributed by atoms with van der Waals surface area (Å²) in [5.74, 6) is 2.05. The smallest absolute Gasteiger partial charge is 0.232 e. The second kappa shape index (κ2) is 26.4. The number of fused-ring (bicyclic) bond motifs is 1. The fourth-order valence-electron chi connectivity index (χ4n) is 9.23. The lowest BCUT2D eigenvalue weighted by Crippen LogP contribution is -2.28. The first-order valence-electron chi connectivity index (χ1n) is 25.3. The van der Waals surface area contributed by atoms with E-state index in [0.29, 0.717) is 61.2 Å². The molecule has 3 aromatic rings. The van der Waals surface area contributed by atoms with Gasteiger partial charge in [0.05, 0.1) is 43.0 Å². The molecule has 10 nitrogen and oxygen atoms in total. The molecule has 2 aromatic carbocycles. The summed E-state index contributed by atoms with van der Waals surface area (Å²) in [4.78, 5) is 14.8. The van der Waals surface area contributed by atoms with Crippen molar-refractivity contribution in [3.63, 3.8) is 0 Å². The summed E-state index contributed by atoms with van der Waals surface area (Å²) in [6.45, 7) is 4.88. The third-order valence-electron chi connectivity index (χ3n) is 12.9. The first-order chi connectivity index (χ1) is 31.2. The highest BCUT2D eigenvalue weighted by atomic mass is 16.7. The van der Waals surface area contributed by atoms with Gasteiger partial charge >= 0.3 is 0 Å². The number of aromatic nitrogens is 1. The lowest BCUT2D eigenvalue weighted by Gasteiger charge is -2.28. The van der Waals surface area contributed by atoms with Crippen molar-refractivity contribution in [2.45, 2.75) is 205 Å². The van der Waals surface area contributed by atoms with E-state index in [2.05, 4.69) is 23.8 Å². The maximum absolute atomic E-state index is 14.8. The second-order valence-corrected chi connectivity index (χ2v) is 18.1. The van der Waals surface area contributed by atoms with Gasteiger partial charge < -0.3 is 42.5 Å². The molecule has 348 valence electrons. The van der Waals surface area contributed by atoms with Crippen molar-refractivity contribution in [3.05, 3.63) is 52.7 Å². The number of pyridine rings is 1. The van der Waals surface area contributed by atoms with Gasteiger partial charge in [0.2, 0.25) is 5.43 Å². The molecule has 0 bridgehead atoms. The molecular formula is C53H77NO9. The number of allylic oxidation sites excluding steroid dienone is 1. The third-order valence-corrected chi connectivity index (χ3v) is 12.9. The van der Waals surface area contributed by atoms with Gasteiger partial charge in [-0.25, -0.2) is 0 Å². The van der Waals surface area contributed by atoms with E-state index >= 15 is 0 Å². The van der Waals surface area contributed by atoms with Gasteiger partial charge in [-0.1, -0.05) is 96.5 Å². The van der Waals surface area contributed by atoms with E-state index in [9.17, 15) is 4.79 Å². The lowest BCUT2D eigenvalue weighted by atomic mass is 10.0. The predicted molar refractivity (Wildman–Crippen MR) is 251 cm³/mol. The number of hydrogen-bond acceptors (Lipinski definition) is 9. The summed E-state index contributed by atoms with van der Waals surface area (Å²) >= 11 is 0. The van der Waals surface area contributed by atoms with E-state index in [1.807, 2.05) is 36.4 Å². The molecule has 5 heterocycles. The third kappa shape index (κ3) is 14.7. The Bertz CT molecular complexity index is 1870. The van der Waals surface area contributed by atoms with Gasteiger partial charge in [-0.05, 0) is 94.5 Å². The van der Waals surface area contributed by atoms with E-state index in [1.165, 1.54) is 83.5 Å². The van der Waals surface area contributed by atoms with Crippen molar-refractivity contribution >= 4 is 17.1 Å². The van der Waals surface area contributed by atoms with Crippen molar-refractivity contribution in [1.29, 1.82) is 0 Å². The Morgan fingerprint density at radius 2 is 1.06 bits per heavy atom. The van der Waals surface area contributed by atoms with Crippen molar-refractivity contribution in [2.24, 2.45) is 0 Å². The first kappa shape index (κ1) is 47.4. The zero-order valence-electron chi connectivity index (χ0n) is 38.5. The van der Waals surface area contributed by atoms with Crippen LogP contribution in [0.25, 0.3) is 28.4 Å². The molecular weight excluding hydrogens is 795 g/mol. The monoisotopic (exact) mass is 872 g/mol. The number of hydrogen-bond donors (Lipinski definition) is 0. The Balaban J connectivity index is 1.16. The van der Waals surface area contributed by atoms with Crippen LogP contribution >= 0.6 is 0 Å². The average molecular weight is 872 g/mol. The van der Waals surface area contributed by atoms with E-state index in [-0.39, 0.29) is 23.8 Å². The summed E-state index contributed by atoms with van der Waals surface area (Å²) in [6, 6.07) is 11.6. The highest BCUT2D eigenvalue weighted by Gasteiger charge is 2.28. The topological polar surface area (TPSA) is 95.8 Å². The molecule has 0 amide bonds. The summed E-state index contributed by atoms with van der Waals surface area (Å²) < 4.78 is 52.5. The summed E-state index contributed by atoms with van der Waals surface area (Å²) in [6.07, 6.45) is 33.5. The minimum Gasteiger partial charge on any atom is -0.465 e. The number of nitrogens with zero attached hydrogens (tertiary/aromatic N) is 1. The van der Waals surface area contributed by atoms with Gasteiger partial charge in [-0.15, -0.1) is 0 Å². The molecule has 10 heteroatoms. The van der Waals surface area contributed by atoms with Crippen LogP contribution < -0.4 is 24.4 Å². The van der Waals surface area contributed by atoms with Gasteiger partial charge in [0.25, 0.3) is 0 Å². The standard InChI is InChI=1S/C53H77NO9/c1-2-3-4-5-6-7-8-9-10-11-12-13-14-15-16-21-34-54-44-40-42(60-47-26-17-22-35-56-47)31-32-43(44)52(55)53(63-50-29-20-25-38-59-50)51(54)41-30-33-45(61-48-27-18-23-36-57-48)46(39-41)62-49-28-19-24-37-58-49/h21,30-34,39-40,47-50H,2-20,22-29,35-38H2,1H3. The Labute approximate surface area is 377 Å². The Hall–Kier alpha value is -3.57. The quantitative estimate of drug-likeness (QED) is 0.0771. The summed E-state index contributed by atoms with van der Waals surface area (Å²) in [5, 5.41) is 0.545. The molecule has 63 heavy (non-hydrogen) atoms. The minimum atomic E-state index is -0.529. The molecule has 4 saturated heterocycles. The SMILES string of the molecule is CCCCCCCCCCCCCCCCC=Cn1c(-c2ccc(OC3CCCCO3)c(OC3CCCCO3)c2)c(OC2CCCCO2)c(=O)c2ccc(OC3CCCCO3)cc21. The van der Waals surface area contributed by atoms with Crippen LogP contribution in [0.4, 0.5) is 0 Å². The molecule has 0 N–H and O–H groups in total. The van der Waals surface area contributed by atoms with Crippen LogP contribution in [-0.2, 0) is 18.9 Å². The number of unbranched alkanes of at least 4 members (excludes halogenated alkanes) is 14. The van der Waals surface area contributed by atoms with Crippen LogP contribution in [0.5, 0.6) is 23.0 Å². The number of rotatable bonds is 25. The summed E-state index contributed by atoms with van der Waals surface area (Å²) in [5.41, 5.74) is 1.91. The van der Waals surface area contributed by atoms with Crippen LogP contribution in [0, 0.1) is 0 Å². The van der Waals surface area contributed by atoms with Gasteiger partial charge in [0.15, 0.2) is 42.4 Å². The molecule has 4 aliphatic rings. The molecule has 0 saturated carbocycles. The molecule has 7 rings (SSSR count). The van der Waals surface area contributed by atoms with Gasteiger partial charge in [0.1, 0.15) is 5.75 Å². The average Bonchev–Trinajstić information content (AvgIpc) is 3.32. The van der Waals surface area contributed by atoms with Crippen molar-refractivity contribution in [3.8, 4) is 34.3 Å². The Kier molecular flexibility index (Phi) is 19.9. The Morgan fingerprint density at radius 1 is 0.556 bits per heavy atom. The number of ether oxygens (including phenoxy) is 8. The Morgan fingerprint density at radius 3 is 1.60 bits per heavy atom. The molecule has 0 spiro atoms. The van der Waals surface area contributed by atoms with E-state index in [4.69, 9.17) is 37.9 Å². The minimum absolute atomic E-state index is 0.194. The molecule has 4 fully saturated rings. The summed E-state index contributed by atoms with van der Waals surface area (Å²) in [7, 11) is 0. The zero-order chi connectivity index (χ0) is 43.3. The predicted octanol–water partition coefficient (Wildman–Crippen LogP) is 13.6. The van der Waals surface area contributed by atoms with Gasteiger partial charge in [0, 0.05) is 43.5 Å². The van der Waals surface area contributed by atoms with Crippen LogP contribution in [0.15, 0.2) is 47.3 Å². The van der Waals surface area contributed by atoms with Crippen molar-refractivity contribution in [2.75, 3.05) is 26.4 Å². The van der Waals surface area contributed by atoms with Gasteiger partial charge in [-0.3, -0.25) is 4.79 Å². The van der Waals surface area contributed by atoms with Crippen LogP contribution in [0.3, 0.4) is 0 Å². The van der Waals surface area contributed by atoms with Crippen molar-refractivity contribution in [1.82, 2.24) is 4.57 Å². The molecule has 1 aromatic heterocycles. The highest BCUT2D eigenvalue weighted by molar-refractivity contribution is 5.89. The lowest BCUT2D eigenvalue weighted by molar-refractivity contribution is -0.118. The fourth-order valence-corrected chi connectivity index (χ4v) is 9.23. The van der Waals surface area contributed by atoms with E-state index < -0.39 is 12.6 Å². The van der Waals surface area contributed by atoms with E-state index in [0.717, 1.165) is 94.6 Å². The maximum Gasteiger partial charge on any atom is 0.232 e.